The standard InChI is InChI=1S/C33H31FN2O4/c1-22-11-15-25(16-12-22)23(2)35-32(39)29-9-5-3-7-27(29)28-8-4-6-10-30(28)33(40)36(20-19-31(37)38)21-24-13-17-26(34)18-14-24/h3-18,23H,19-21H2,1-2H3,(H,35,39)(H,37,38). The van der Waals surface area contributed by atoms with Crippen molar-refractivity contribution in [3.63, 3.8) is 0 Å². The average Bonchev–Trinajstić information content (AvgIpc) is 2.96. The molecule has 0 heterocycles. The van der Waals surface area contributed by atoms with Crippen LogP contribution in [0.4, 0.5) is 4.39 Å². The van der Waals surface area contributed by atoms with Crippen molar-refractivity contribution in [1.29, 1.82) is 0 Å². The predicted octanol–water partition coefficient (Wildman–Crippen LogP) is 6.41. The lowest BCUT2D eigenvalue weighted by molar-refractivity contribution is -0.137. The Labute approximate surface area is 233 Å². The molecule has 7 heteroatoms. The van der Waals surface area contributed by atoms with Gasteiger partial charge in [-0.3, -0.25) is 14.4 Å². The third-order valence-corrected chi connectivity index (χ3v) is 6.71. The fraction of sp³-hybridized carbons (Fsp3) is 0.182. The second-order valence-electron chi connectivity index (χ2n) is 9.69. The van der Waals surface area contributed by atoms with Gasteiger partial charge in [0.15, 0.2) is 0 Å². The fourth-order valence-electron chi connectivity index (χ4n) is 4.50. The Morgan fingerprint density at radius 1 is 0.825 bits per heavy atom. The highest BCUT2D eigenvalue weighted by Gasteiger charge is 2.23. The number of carboxylic acid groups (broad SMARTS) is 1. The van der Waals surface area contributed by atoms with Gasteiger partial charge in [-0.1, -0.05) is 78.4 Å². The number of rotatable bonds is 10. The van der Waals surface area contributed by atoms with Crippen LogP contribution in [0.15, 0.2) is 97.1 Å². The zero-order chi connectivity index (χ0) is 28.6. The lowest BCUT2D eigenvalue weighted by Crippen LogP contribution is -2.33. The number of nitrogens with one attached hydrogen (secondary N) is 1. The Kier molecular flexibility index (Phi) is 9.07. The van der Waals surface area contributed by atoms with E-state index in [4.69, 9.17) is 0 Å². The van der Waals surface area contributed by atoms with Crippen LogP contribution in [-0.2, 0) is 11.3 Å². The van der Waals surface area contributed by atoms with E-state index >= 15 is 0 Å². The molecule has 4 rings (SSSR count). The van der Waals surface area contributed by atoms with Crippen LogP contribution < -0.4 is 5.32 Å². The first kappa shape index (κ1) is 28.2. The molecule has 0 aliphatic rings. The highest BCUT2D eigenvalue weighted by molar-refractivity contribution is 6.06. The third kappa shape index (κ3) is 6.99. The van der Waals surface area contributed by atoms with Crippen molar-refractivity contribution in [2.24, 2.45) is 0 Å². The van der Waals surface area contributed by atoms with Crippen molar-refractivity contribution < 1.29 is 23.9 Å². The minimum atomic E-state index is -1.03. The molecule has 2 amide bonds. The molecule has 0 radical (unpaired) electrons. The van der Waals surface area contributed by atoms with Gasteiger partial charge in [0.2, 0.25) is 0 Å². The lowest BCUT2D eigenvalue weighted by atomic mass is 9.94. The van der Waals surface area contributed by atoms with E-state index in [1.165, 1.54) is 17.0 Å². The van der Waals surface area contributed by atoms with Gasteiger partial charge in [-0.05, 0) is 60.4 Å². The maximum Gasteiger partial charge on any atom is 0.305 e. The molecule has 1 unspecified atom stereocenters. The molecule has 0 aliphatic carbocycles. The van der Waals surface area contributed by atoms with Crippen LogP contribution in [0.1, 0.15) is 56.8 Å². The molecule has 2 N–H and O–H groups in total. The molecule has 40 heavy (non-hydrogen) atoms. The van der Waals surface area contributed by atoms with Crippen molar-refractivity contribution in [1.82, 2.24) is 10.2 Å². The van der Waals surface area contributed by atoms with Crippen LogP contribution in [-0.4, -0.2) is 34.3 Å². The first-order valence-corrected chi connectivity index (χ1v) is 13.0. The molecule has 4 aromatic rings. The summed E-state index contributed by atoms with van der Waals surface area (Å²) in [7, 11) is 0. The van der Waals surface area contributed by atoms with Crippen molar-refractivity contribution in [3.8, 4) is 11.1 Å². The molecule has 0 aromatic heterocycles. The number of nitrogens with zero attached hydrogens (tertiary/aromatic N) is 1. The minimum Gasteiger partial charge on any atom is -0.481 e. The summed E-state index contributed by atoms with van der Waals surface area (Å²) in [5, 5.41) is 12.3. The number of amides is 2. The SMILES string of the molecule is Cc1ccc(C(C)NC(=O)c2ccccc2-c2ccccc2C(=O)N(CCC(=O)O)Cc2ccc(F)cc2)cc1. The Balaban J connectivity index is 1.65. The molecule has 204 valence electrons. The molecule has 4 aromatic carbocycles. The van der Waals surface area contributed by atoms with E-state index in [0.29, 0.717) is 27.8 Å². The molecule has 0 saturated heterocycles. The third-order valence-electron chi connectivity index (χ3n) is 6.71. The Bertz CT molecular complexity index is 1500. The van der Waals surface area contributed by atoms with Gasteiger partial charge in [-0.2, -0.15) is 0 Å². The topological polar surface area (TPSA) is 86.7 Å². The molecule has 6 nitrogen and oxygen atoms in total. The molecular formula is C33H31FN2O4. The van der Waals surface area contributed by atoms with E-state index in [-0.39, 0.29) is 37.4 Å². The number of halogens is 1. The van der Waals surface area contributed by atoms with Gasteiger partial charge < -0.3 is 15.3 Å². The molecule has 1 atom stereocenters. The monoisotopic (exact) mass is 538 g/mol. The summed E-state index contributed by atoms with van der Waals surface area (Å²) in [6, 6.07) is 27.5. The normalized spacial score (nSPS) is 11.5. The van der Waals surface area contributed by atoms with Crippen molar-refractivity contribution in [2.75, 3.05) is 6.54 Å². The fourth-order valence-corrected chi connectivity index (χ4v) is 4.50. The molecule has 0 aliphatic heterocycles. The zero-order valence-corrected chi connectivity index (χ0v) is 22.4. The van der Waals surface area contributed by atoms with Gasteiger partial charge in [0, 0.05) is 24.2 Å². The Hall–Kier alpha value is -4.78. The van der Waals surface area contributed by atoms with Crippen LogP contribution in [0.25, 0.3) is 11.1 Å². The number of benzene rings is 4. The Morgan fingerprint density at radius 3 is 2.02 bits per heavy atom. The van der Waals surface area contributed by atoms with E-state index in [9.17, 15) is 23.9 Å². The molecule has 0 spiro atoms. The minimum absolute atomic E-state index is 0.0317. The summed E-state index contributed by atoms with van der Waals surface area (Å²) in [6.45, 7) is 4.00. The number of carbonyl (C=O) groups excluding carboxylic acids is 2. The van der Waals surface area contributed by atoms with E-state index in [1.807, 2.05) is 38.1 Å². The summed E-state index contributed by atoms with van der Waals surface area (Å²) in [4.78, 5) is 40.1. The van der Waals surface area contributed by atoms with E-state index in [1.54, 1.807) is 60.7 Å². The molecule has 0 fully saturated rings. The van der Waals surface area contributed by atoms with Crippen molar-refractivity contribution in [2.45, 2.75) is 32.9 Å². The average molecular weight is 539 g/mol. The van der Waals surface area contributed by atoms with Gasteiger partial charge >= 0.3 is 5.97 Å². The summed E-state index contributed by atoms with van der Waals surface area (Å²) in [6.07, 6.45) is -0.245. The summed E-state index contributed by atoms with van der Waals surface area (Å²) in [5.41, 5.74) is 4.66. The van der Waals surface area contributed by atoms with E-state index in [2.05, 4.69) is 5.32 Å². The first-order valence-electron chi connectivity index (χ1n) is 13.0. The van der Waals surface area contributed by atoms with Crippen LogP contribution >= 0.6 is 0 Å². The predicted molar refractivity (Wildman–Crippen MR) is 152 cm³/mol. The van der Waals surface area contributed by atoms with Crippen molar-refractivity contribution in [3.05, 3.63) is 131 Å². The number of carbonyl (C=O) groups is 3. The summed E-state index contributed by atoms with van der Waals surface area (Å²) >= 11 is 0. The number of aliphatic carboxylic acids is 1. The molecular weight excluding hydrogens is 507 g/mol. The maximum atomic E-state index is 13.9. The van der Waals surface area contributed by atoms with Gasteiger partial charge in [-0.25, -0.2) is 4.39 Å². The van der Waals surface area contributed by atoms with Gasteiger partial charge in [0.1, 0.15) is 5.82 Å². The molecule has 0 saturated carbocycles. The quantitative estimate of drug-likeness (QED) is 0.244. The van der Waals surface area contributed by atoms with Gasteiger partial charge in [0.05, 0.1) is 12.5 Å². The first-order chi connectivity index (χ1) is 19.2. The van der Waals surface area contributed by atoms with Crippen LogP contribution in [0.3, 0.4) is 0 Å². The summed E-state index contributed by atoms with van der Waals surface area (Å²) in [5.74, 6) is -2.09. The zero-order valence-electron chi connectivity index (χ0n) is 22.4. The Morgan fingerprint density at radius 2 is 1.40 bits per heavy atom. The smallest absolute Gasteiger partial charge is 0.305 e. The second kappa shape index (κ2) is 12.8. The maximum absolute atomic E-state index is 13.9. The second-order valence-corrected chi connectivity index (χ2v) is 9.69. The van der Waals surface area contributed by atoms with Gasteiger partial charge in [0.25, 0.3) is 11.8 Å². The number of carboxylic acids is 1. The van der Waals surface area contributed by atoms with Crippen LogP contribution in [0, 0.1) is 12.7 Å². The number of hydrogen-bond acceptors (Lipinski definition) is 3. The largest absolute Gasteiger partial charge is 0.481 e. The number of hydrogen-bond donors (Lipinski definition) is 2. The van der Waals surface area contributed by atoms with E-state index in [0.717, 1.165) is 11.1 Å². The van der Waals surface area contributed by atoms with Crippen LogP contribution in [0.5, 0.6) is 0 Å². The number of aryl methyl sites for hydroxylation is 1. The van der Waals surface area contributed by atoms with Crippen molar-refractivity contribution >= 4 is 17.8 Å². The molecule has 0 bridgehead atoms. The lowest BCUT2D eigenvalue weighted by Gasteiger charge is -2.24. The highest BCUT2D eigenvalue weighted by Crippen LogP contribution is 2.29. The van der Waals surface area contributed by atoms with Gasteiger partial charge in [-0.15, -0.1) is 0 Å². The highest BCUT2D eigenvalue weighted by atomic mass is 19.1. The van der Waals surface area contributed by atoms with Crippen LogP contribution in [0.2, 0.25) is 0 Å². The van der Waals surface area contributed by atoms with E-state index < -0.39 is 11.8 Å². The summed E-state index contributed by atoms with van der Waals surface area (Å²) < 4.78 is 13.4.